The minimum atomic E-state index is 0.700. The molecule has 2 aromatic carbocycles. The van der Waals surface area contributed by atoms with Crippen molar-refractivity contribution in [3.63, 3.8) is 0 Å². The number of imidazole rings is 1. The second kappa shape index (κ2) is 5.90. The lowest BCUT2D eigenvalue weighted by atomic mass is 10.1. The lowest BCUT2D eigenvalue weighted by Crippen LogP contribution is -2.00. The van der Waals surface area contributed by atoms with Gasteiger partial charge in [0.05, 0.1) is 22.7 Å². The molecule has 0 saturated heterocycles. The monoisotopic (exact) mass is 290 g/mol. The van der Waals surface area contributed by atoms with Crippen LogP contribution in [0.25, 0.3) is 11.0 Å². The first-order valence-electron chi connectivity index (χ1n) is 7.33. The van der Waals surface area contributed by atoms with Crippen LogP contribution < -0.4 is 5.32 Å². The molecule has 110 valence electrons. The van der Waals surface area contributed by atoms with Gasteiger partial charge in [-0.3, -0.25) is 0 Å². The topological polar surface area (TPSA) is 53.6 Å². The van der Waals surface area contributed by atoms with Crippen LogP contribution >= 0.6 is 0 Å². The maximum Gasteiger partial charge on any atom is 0.109 e. The van der Waals surface area contributed by atoms with Crippen molar-refractivity contribution >= 4 is 16.7 Å². The minimum Gasteiger partial charge on any atom is -0.388 e. The van der Waals surface area contributed by atoms with Crippen LogP contribution in [0.1, 0.15) is 17.0 Å². The SMILES string of the molecule is CNc1ccc2c(c1)nc(CCc1ccc(C#N)cc1)n2C. The van der Waals surface area contributed by atoms with Crippen molar-refractivity contribution in [1.82, 2.24) is 9.55 Å². The van der Waals surface area contributed by atoms with Crippen LogP contribution in [0.4, 0.5) is 5.69 Å². The van der Waals surface area contributed by atoms with E-state index in [0.717, 1.165) is 35.4 Å². The van der Waals surface area contributed by atoms with Crippen LogP contribution in [0.3, 0.4) is 0 Å². The summed E-state index contributed by atoms with van der Waals surface area (Å²) in [6, 6.07) is 16.1. The first kappa shape index (κ1) is 14.2. The maximum atomic E-state index is 8.83. The van der Waals surface area contributed by atoms with Gasteiger partial charge in [0, 0.05) is 26.2 Å². The van der Waals surface area contributed by atoms with Gasteiger partial charge in [-0.25, -0.2) is 4.98 Å². The molecule has 0 spiro atoms. The summed E-state index contributed by atoms with van der Waals surface area (Å²) in [5, 5.41) is 12.0. The van der Waals surface area contributed by atoms with Gasteiger partial charge in [0.2, 0.25) is 0 Å². The van der Waals surface area contributed by atoms with Crippen molar-refractivity contribution in [3.05, 3.63) is 59.4 Å². The van der Waals surface area contributed by atoms with E-state index in [4.69, 9.17) is 10.2 Å². The third-order valence-electron chi connectivity index (χ3n) is 3.98. The van der Waals surface area contributed by atoms with Gasteiger partial charge in [-0.15, -0.1) is 0 Å². The molecule has 0 aliphatic heterocycles. The van der Waals surface area contributed by atoms with Crippen molar-refractivity contribution in [2.75, 3.05) is 12.4 Å². The van der Waals surface area contributed by atoms with Gasteiger partial charge in [-0.2, -0.15) is 5.26 Å². The zero-order valence-electron chi connectivity index (χ0n) is 12.8. The Morgan fingerprint density at radius 1 is 1.14 bits per heavy atom. The Kier molecular flexibility index (Phi) is 3.80. The van der Waals surface area contributed by atoms with E-state index >= 15 is 0 Å². The van der Waals surface area contributed by atoms with Crippen LogP contribution in [-0.4, -0.2) is 16.6 Å². The first-order chi connectivity index (χ1) is 10.7. The molecule has 1 heterocycles. The maximum absolute atomic E-state index is 8.83. The lowest BCUT2D eigenvalue weighted by molar-refractivity contribution is 0.787. The van der Waals surface area contributed by atoms with Gasteiger partial charge >= 0.3 is 0 Å². The number of nitrogens with one attached hydrogen (secondary N) is 1. The van der Waals surface area contributed by atoms with Gasteiger partial charge < -0.3 is 9.88 Å². The Bertz CT molecular complexity index is 838. The Hall–Kier alpha value is -2.80. The summed E-state index contributed by atoms with van der Waals surface area (Å²) < 4.78 is 2.15. The molecular formula is C18H18N4. The van der Waals surface area contributed by atoms with E-state index in [1.165, 1.54) is 5.56 Å². The highest BCUT2D eigenvalue weighted by atomic mass is 15.1. The molecule has 4 nitrogen and oxygen atoms in total. The fourth-order valence-electron chi connectivity index (χ4n) is 2.63. The molecule has 0 unspecified atom stereocenters. The molecule has 0 bridgehead atoms. The predicted octanol–water partition coefficient (Wildman–Crippen LogP) is 3.27. The molecule has 0 amide bonds. The van der Waals surface area contributed by atoms with Crippen molar-refractivity contribution in [2.24, 2.45) is 7.05 Å². The van der Waals surface area contributed by atoms with Crippen molar-refractivity contribution in [1.29, 1.82) is 5.26 Å². The summed E-state index contributed by atoms with van der Waals surface area (Å²) >= 11 is 0. The minimum absolute atomic E-state index is 0.700. The quantitative estimate of drug-likeness (QED) is 0.802. The fourth-order valence-corrected chi connectivity index (χ4v) is 2.63. The van der Waals surface area contributed by atoms with E-state index in [0.29, 0.717) is 5.56 Å². The van der Waals surface area contributed by atoms with Gasteiger partial charge in [0.1, 0.15) is 5.82 Å². The average Bonchev–Trinajstić information content (AvgIpc) is 2.89. The van der Waals surface area contributed by atoms with E-state index in [-0.39, 0.29) is 0 Å². The highest BCUT2D eigenvalue weighted by Crippen LogP contribution is 2.20. The summed E-state index contributed by atoms with van der Waals surface area (Å²) in [6.45, 7) is 0. The van der Waals surface area contributed by atoms with Gasteiger partial charge in [0.25, 0.3) is 0 Å². The predicted molar refractivity (Wildman–Crippen MR) is 88.8 cm³/mol. The molecule has 0 fully saturated rings. The van der Waals surface area contributed by atoms with Crippen LogP contribution in [0.2, 0.25) is 0 Å². The largest absolute Gasteiger partial charge is 0.388 e. The third-order valence-corrected chi connectivity index (χ3v) is 3.98. The molecule has 4 heteroatoms. The number of hydrogen-bond donors (Lipinski definition) is 1. The normalized spacial score (nSPS) is 10.6. The molecule has 22 heavy (non-hydrogen) atoms. The second-order valence-electron chi connectivity index (χ2n) is 5.35. The molecule has 1 N–H and O–H groups in total. The number of nitrogens with zero attached hydrogens (tertiary/aromatic N) is 3. The van der Waals surface area contributed by atoms with Gasteiger partial charge in [0.15, 0.2) is 0 Å². The number of fused-ring (bicyclic) bond motifs is 1. The summed E-state index contributed by atoms with van der Waals surface area (Å²) in [5.41, 5.74) is 5.16. The van der Waals surface area contributed by atoms with E-state index < -0.39 is 0 Å². The fraction of sp³-hybridized carbons (Fsp3) is 0.222. The van der Waals surface area contributed by atoms with Crippen molar-refractivity contribution in [3.8, 4) is 6.07 Å². The van der Waals surface area contributed by atoms with Gasteiger partial charge in [-0.1, -0.05) is 12.1 Å². The Morgan fingerprint density at radius 2 is 1.91 bits per heavy atom. The highest BCUT2D eigenvalue weighted by Gasteiger charge is 2.08. The zero-order chi connectivity index (χ0) is 15.5. The summed E-state index contributed by atoms with van der Waals surface area (Å²) in [4.78, 5) is 4.74. The van der Waals surface area contributed by atoms with Crippen LogP contribution in [0.5, 0.6) is 0 Å². The lowest BCUT2D eigenvalue weighted by Gasteiger charge is -2.03. The molecule has 3 aromatic rings. The first-order valence-corrected chi connectivity index (χ1v) is 7.33. The van der Waals surface area contributed by atoms with Gasteiger partial charge in [-0.05, 0) is 42.3 Å². The third kappa shape index (κ3) is 2.66. The second-order valence-corrected chi connectivity index (χ2v) is 5.35. The highest BCUT2D eigenvalue weighted by molar-refractivity contribution is 5.80. The standard InChI is InChI=1S/C18H18N4/c1-20-15-8-9-17-16(11-15)21-18(22(17)2)10-7-13-3-5-14(12-19)6-4-13/h3-6,8-9,11,20H,7,10H2,1-2H3. The molecule has 0 radical (unpaired) electrons. The van der Waals surface area contributed by atoms with E-state index in [9.17, 15) is 0 Å². The van der Waals surface area contributed by atoms with Crippen LogP contribution in [0.15, 0.2) is 42.5 Å². The summed E-state index contributed by atoms with van der Waals surface area (Å²) in [6.07, 6.45) is 1.80. The number of hydrogen-bond acceptors (Lipinski definition) is 3. The smallest absolute Gasteiger partial charge is 0.109 e. The number of aryl methyl sites for hydroxylation is 3. The molecule has 0 aliphatic carbocycles. The Morgan fingerprint density at radius 3 is 2.59 bits per heavy atom. The van der Waals surface area contributed by atoms with E-state index in [1.54, 1.807) is 0 Å². The van der Waals surface area contributed by atoms with Crippen LogP contribution in [-0.2, 0) is 19.9 Å². The Balaban J connectivity index is 1.81. The van der Waals surface area contributed by atoms with E-state index in [2.05, 4.69) is 41.2 Å². The number of aromatic nitrogens is 2. The number of nitriles is 1. The molecule has 3 rings (SSSR count). The van der Waals surface area contributed by atoms with Crippen LogP contribution in [0, 0.1) is 11.3 Å². The average molecular weight is 290 g/mol. The number of anilines is 1. The summed E-state index contributed by atoms with van der Waals surface area (Å²) in [7, 11) is 3.97. The number of rotatable bonds is 4. The molecule has 0 aliphatic rings. The zero-order valence-corrected chi connectivity index (χ0v) is 12.8. The molecule has 0 saturated carbocycles. The molecular weight excluding hydrogens is 272 g/mol. The molecule has 0 atom stereocenters. The van der Waals surface area contributed by atoms with Crippen molar-refractivity contribution < 1.29 is 0 Å². The molecule has 1 aromatic heterocycles. The van der Waals surface area contributed by atoms with E-state index in [1.807, 2.05) is 31.3 Å². The summed E-state index contributed by atoms with van der Waals surface area (Å²) in [5.74, 6) is 1.08. The Labute approximate surface area is 130 Å². The van der Waals surface area contributed by atoms with Crippen molar-refractivity contribution in [2.45, 2.75) is 12.8 Å². The number of benzene rings is 2.